The molecule has 0 saturated carbocycles. The van der Waals surface area contributed by atoms with Crippen LogP contribution >= 0.6 is 11.3 Å². The van der Waals surface area contributed by atoms with Crippen LogP contribution in [0.15, 0.2) is 11.4 Å². The van der Waals surface area contributed by atoms with Crippen LogP contribution < -0.4 is 10.1 Å². The molecule has 1 amide bonds. The summed E-state index contributed by atoms with van der Waals surface area (Å²) in [5.41, 5.74) is 0. The molecule has 5 heteroatoms. The van der Waals surface area contributed by atoms with Gasteiger partial charge in [0.15, 0.2) is 0 Å². The summed E-state index contributed by atoms with van der Waals surface area (Å²) in [6.07, 6.45) is 0. The molecule has 4 nitrogen and oxygen atoms in total. The first kappa shape index (κ1) is 11.0. The molecule has 0 bridgehead atoms. The van der Waals surface area contributed by atoms with Gasteiger partial charge in [0.1, 0.15) is 10.6 Å². The molecule has 0 radical (unpaired) electrons. The highest BCUT2D eigenvalue weighted by Crippen LogP contribution is 2.23. The van der Waals surface area contributed by atoms with E-state index in [1.807, 2.05) is 0 Å². The molecule has 0 spiro atoms. The van der Waals surface area contributed by atoms with Crippen molar-refractivity contribution in [1.29, 1.82) is 0 Å². The number of aliphatic hydroxyl groups is 1. The highest BCUT2D eigenvalue weighted by atomic mass is 32.1. The normalized spacial score (nSPS) is 12.2. The van der Waals surface area contributed by atoms with Gasteiger partial charge in [-0.2, -0.15) is 0 Å². The Morgan fingerprint density at radius 3 is 3.07 bits per heavy atom. The van der Waals surface area contributed by atoms with Crippen LogP contribution in [0, 0.1) is 0 Å². The molecule has 14 heavy (non-hydrogen) atoms. The van der Waals surface area contributed by atoms with Crippen LogP contribution in [0.4, 0.5) is 0 Å². The summed E-state index contributed by atoms with van der Waals surface area (Å²) in [6, 6.07) is 1.50. The minimum atomic E-state index is -0.241. The lowest BCUT2D eigenvalue weighted by Crippen LogP contribution is -2.34. The number of nitrogens with one attached hydrogen (secondary N) is 1. The number of hydrogen-bond donors (Lipinski definition) is 2. The van der Waals surface area contributed by atoms with Crippen molar-refractivity contribution in [2.24, 2.45) is 0 Å². The summed E-state index contributed by atoms with van der Waals surface area (Å²) in [6.45, 7) is 1.66. The third-order valence-corrected chi connectivity index (χ3v) is 2.60. The van der Waals surface area contributed by atoms with Crippen molar-refractivity contribution in [2.75, 3.05) is 13.7 Å². The maximum Gasteiger partial charge on any atom is 0.265 e. The summed E-state index contributed by atoms with van der Waals surface area (Å²) in [5.74, 6) is 0.357. The Bertz CT molecular complexity index is 311. The van der Waals surface area contributed by atoms with E-state index in [1.165, 1.54) is 18.4 Å². The first-order valence-corrected chi connectivity index (χ1v) is 5.10. The van der Waals surface area contributed by atoms with Crippen LogP contribution in [0.25, 0.3) is 0 Å². The molecule has 1 heterocycles. The lowest BCUT2D eigenvalue weighted by atomic mass is 10.3. The minimum absolute atomic E-state index is 0.0700. The largest absolute Gasteiger partial charge is 0.495 e. The molecule has 2 N–H and O–H groups in total. The quantitative estimate of drug-likeness (QED) is 0.783. The van der Waals surface area contributed by atoms with Crippen LogP contribution in [0.5, 0.6) is 5.75 Å². The summed E-state index contributed by atoms with van der Waals surface area (Å²) >= 11 is 1.32. The molecule has 0 unspecified atom stereocenters. The lowest BCUT2D eigenvalue weighted by molar-refractivity contribution is 0.0923. The van der Waals surface area contributed by atoms with E-state index in [-0.39, 0.29) is 18.6 Å². The minimum Gasteiger partial charge on any atom is -0.495 e. The predicted molar refractivity (Wildman–Crippen MR) is 54.9 cm³/mol. The van der Waals surface area contributed by atoms with Crippen molar-refractivity contribution in [2.45, 2.75) is 13.0 Å². The van der Waals surface area contributed by atoms with Gasteiger partial charge in [-0.3, -0.25) is 4.79 Å². The fourth-order valence-electron chi connectivity index (χ4n) is 0.959. The number of carbonyl (C=O) groups is 1. The molecule has 0 aromatic carbocycles. The molecular formula is C9H13NO3S. The van der Waals surface area contributed by atoms with E-state index in [9.17, 15) is 4.79 Å². The van der Waals surface area contributed by atoms with Gasteiger partial charge >= 0.3 is 0 Å². The van der Waals surface area contributed by atoms with Crippen LogP contribution in [0.3, 0.4) is 0 Å². The molecule has 78 valence electrons. The Kier molecular flexibility index (Phi) is 3.91. The number of methoxy groups -OCH3 is 1. The van der Waals surface area contributed by atoms with E-state index >= 15 is 0 Å². The Morgan fingerprint density at radius 1 is 1.79 bits per heavy atom. The monoisotopic (exact) mass is 215 g/mol. The second kappa shape index (κ2) is 4.97. The van der Waals surface area contributed by atoms with E-state index in [0.29, 0.717) is 10.6 Å². The molecule has 1 aromatic rings. The highest BCUT2D eigenvalue weighted by molar-refractivity contribution is 7.12. The van der Waals surface area contributed by atoms with Crippen LogP contribution in [-0.4, -0.2) is 30.8 Å². The molecule has 1 aromatic heterocycles. The van der Waals surface area contributed by atoms with Gasteiger partial charge in [-0.25, -0.2) is 0 Å². The molecule has 0 aliphatic carbocycles. The lowest BCUT2D eigenvalue weighted by Gasteiger charge is -2.10. The summed E-state index contributed by atoms with van der Waals surface area (Å²) < 4.78 is 5.01. The van der Waals surface area contributed by atoms with Crippen molar-refractivity contribution in [3.8, 4) is 5.75 Å². The number of aliphatic hydroxyl groups excluding tert-OH is 1. The zero-order chi connectivity index (χ0) is 10.6. The van der Waals surface area contributed by atoms with E-state index < -0.39 is 0 Å². The maximum absolute atomic E-state index is 11.6. The van der Waals surface area contributed by atoms with Gasteiger partial charge in [-0.05, 0) is 18.4 Å². The highest BCUT2D eigenvalue weighted by Gasteiger charge is 2.15. The molecule has 1 rings (SSSR count). The van der Waals surface area contributed by atoms with Gasteiger partial charge in [0.25, 0.3) is 5.91 Å². The smallest absolute Gasteiger partial charge is 0.265 e. The second-order valence-corrected chi connectivity index (χ2v) is 3.79. The third kappa shape index (κ3) is 2.46. The molecule has 1 atom stereocenters. The van der Waals surface area contributed by atoms with E-state index in [2.05, 4.69) is 5.32 Å². The molecule has 0 fully saturated rings. The van der Waals surface area contributed by atoms with Gasteiger partial charge in [-0.15, -0.1) is 11.3 Å². The third-order valence-electron chi connectivity index (χ3n) is 1.71. The topological polar surface area (TPSA) is 58.6 Å². The average Bonchev–Trinajstić information content (AvgIpc) is 2.65. The van der Waals surface area contributed by atoms with Gasteiger partial charge in [0.2, 0.25) is 0 Å². The summed E-state index contributed by atoms with van der Waals surface area (Å²) in [5, 5.41) is 13.2. The SMILES string of the molecule is COc1ccsc1C(=O)N[C@@H](C)CO. The molecular weight excluding hydrogens is 202 g/mol. The molecule has 0 aliphatic rings. The maximum atomic E-state index is 11.6. The molecule has 0 saturated heterocycles. The van der Waals surface area contributed by atoms with Crippen LogP contribution in [0.1, 0.15) is 16.6 Å². The first-order chi connectivity index (χ1) is 6.69. The van der Waals surface area contributed by atoms with E-state index in [0.717, 1.165) is 0 Å². The number of ether oxygens (including phenoxy) is 1. The van der Waals surface area contributed by atoms with Crippen molar-refractivity contribution >= 4 is 17.2 Å². The van der Waals surface area contributed by atoms with Crippen molar-refractivity contribution in [3.05, 3.63) is 16.3 Å². The number of rotatable bonds is 4. The summed E-state index contributed by atoms with van der Waals surface area (Å²) in [7, 11) is 1.52. The van der Waals surface area contributed by atoms with Crippen molar-refractivity contribution < 1.29 is 14.6 Å². The van der Waals surface area contributed by atoms with Gasteiger partial charge in [0, 0.05) is 6.04 Å². The second-order valence-electron chi connectivity index (χ2n) is 2.88. The Labute approximate surface area is 86.5 Å². The Balaban J connectivity index is 2.69. The first-order valence-electron chi connectivity index (χ1n) is 4.22. The fourth-order valence-corrected chi connectivity index (χ4v) is 1.72. The van der Waals surface area contributed by atoms with E-state index in [1.54, 1.807) is 18.4 Å². The standard InChI is InChI=1S/C9H13NO3S/c1-6(5-11)10-9(12)8-7(13-2)3-4-14-8/h3-4,6,11H,5H2,1-2H3,(H,10,12)/t6-/m0/s1. The zero-order valence-corrected chi connectivity index (χ0v) is 8.93. The number of amides is 1. The Morgan fingerprint density at radius 2 is 2.50 bits per heavy atom. The van der Waals surface area contributed by atoms with Crippen LogP contribution in [0.2, 0.25) is 0 Å². The summed E-state index contributed by atoms with van der Waals surface area (Å²) in [4.78, 5) is 12.1. The fraction of sp³-hybridized carbons (Fsp3) is 0.444. The average molecular weight is 215 g/mol. The number of hydrogen-bond acceptors (Lipinski definition) is 4. The van der Waals surface area contributed by atoms with E-state index in [4.69, 9.17) is 9.84 Å². The predicted octanol–water partition coefficient (Wildman–Crippen LogP) is 0.867. The van der Waals surface area contributed by atoms with Gasteiger partial charge in [-0.1, -0.05) is 0 Å². The Hall–Kier alpha value is -1.07. The number of carbonyl (C=O) groups excluding carboxylic acids is 1. The van der Waals surface area contributed by atoms with Gasteiger partial charge in [0.05, 0.1) is 13.7 Å². The van der Waals surface area contributed by atoms with Crippen molar-refractivity contribution in [3.63, 3.8) is 0 Å². The molecule has 0 aliphatic heterocycles. The number of thiophene rings is 1. The van der Waals surface area contributed by atoms with Crippen molar-refractivity contribution in [1.82, 2.24) is 5.32 Å². The van der Waals surface area contributed by atoms with Crippen LogP contribution in [-0.2, 0) is 0 Å². The zero-order valence-electron chi connectivity index (χ0n) is 8.11. The van der Waals surface area contributed by atoms with Gasteiger partial charge < -0.3 is 15.2 Å².